The Labute approximate surface area is 164 Å². The highest BCUT2D eigenvalue weighted by atomic mass is 19.4. The van der Waals surface area contributed by atoms with Crippen molar-refractivity contribution in [1.29, 1.82) is 0 Å². The van der Waals surface area contributed by atoms with Crippen molar-refractivity contribution in [3.05, 3.63) is 71.5 Å². The summed E-state index contributed by atoms with van der Waals surface area (Å²) in [5.41, 5.74) is -0.194. The lowest BCUT2D eigenvalue weighted by molar-refractivity contribution is -0.138. The number of halogens is 3. The van der Waals surface area contributed by atoms with E-state index >= 15 is 0 Å². The minimum atomic E-state index is -4.60. The maximum Gasteiger partial charge on any atom is 0.417 e. The average molecular weight is 402 g/mol. The number of carbonyl (C=O) groups excluding carboxylic acids is 2. The van der Waals surface area contributed by atoms with E-state index in [1.807, 2.05) is 6.07 Å². The minimum absolute atomic E-state index is 0.163. The summed E-state index contributed by atoms with van der Waals surface area (Å²) in [6.07, 6.45) is -1.37. The van der Waals surface area contributed by atoms with Crippen LogP contribution in [0.2, 0.25) is 0 Å². The predicted molar refractivity (Wildman–Crippen MR) is 98.4 cm³/mol. The van der Waals surface area contributed by atoms with Gasteiger partial charge in [0, 0.05) is 32.4 Å². The molecule has 3 heterocycles. The Morgan fingerprint density at radius 2 is 1.41 bits per heavy atom. The van der Waals surface area contributed by atoms with Crippen molar-refractivity contribution in [1.82, 2.24) is 19.4 Å². The van der Waals surface area contributed by atoms with E-state index in [0.29, 0.717) is 11.1 Å². The minimum Gasteiger partial charge on any atom is -0.335 e. The molecule has 1 fully saturated rings. The zero-order valence-corrected chi connectivity index (χ0v) is 15.3. The highest BCUT2D eigenvalue weighted by Crippen LogP contribution is 2.32. The van der Waals surface area contributed by atoms with E-state index in [4.69, 9.17) is 0 Å². The molecular weight excluding hydrogens is 385 g/mol. The number of aromatic nitrogens is 2. The average Bonchev–Trinajstić information content (AvgIpc) is 3.16. The molecule has 0 N–H and O–H groups in total. The molecule has 0 unspecified atom stereocenters. The van der Waals surface area contributed by atoms with Crippen LogP contribution in [-0.4, -0.2) is 57.4 Å². The molecule has 0 bridgehead atoms. The van der Waals surface area contributed by atoms with E-state index < -0.39 is 17.6 Å². The Bertz CT molecular complexity index is 1070. The van der Waals surface area contributed by atoms with E-state index in [1.54, 1.807) is 27.7 Å². The molecular formula is C20H17F3N4O2. The second-order valence-electron chi connectivity index (χ2n) is 6.72. The Balaban J connectivity index is 1.47. The van der Waals surface area contributed by atoms with E-state index in [2.05, 4.69) is 5.10 Å². The Hall–Kier alpha value is -3.36. The molecule has 0 aliphatic carbocycles. The van der Waals surface area contributed by atoms with Gasteiger partial charge in [-0.1, -0.05) is 18.2 Å². The van der Waals surface area contributed by atoms with Gasteiger partial charge in [0.1, 0.15) is 0 Å². The van der Waals surface area contributed by atoms with Gasteiger partial charge in [0.05, 0.1) is 28.4 Å². The SMILES string of the molecule is O=C(c1ccccc1C(F)(F)F)N1CCN(C(=O)c2cnn3ccccc23)CC1. The van der Waals surface area contributed by atoms with Crippen LogP contribution in [-0.2, 0) is 6.18 Å². The molecule has 4 rings (SSSR count). The zero-order valence-electron chi connectivity index (χ0n) is 15.3. The van der Waals surface area contributed by atoms with E-state index in [1.165, 1.54) is 29.3 Å². The van der Waals surface area contributed by atoms with Crippen LogP contribution >= 0.6 is 0 Å². The lowest BCUT2D eigenvalue weighted by Crippen LogP contribution is -2.50. The number of alkyl halides is 3. The van der Waals surface area contributed by atoms with Crippen LogP contribution in [0.15, 0.2) is 54.9 Å². The monoisotopic (exact) mass is 402 g/mol. The molecule has 6 nitrogen and oxygen atoms in total. The highest BCUT2D eigenvalue weighted by molar-refractivity contribution is 6.01. The summed E-state index contributed by atoms with van der Waals surface area (Å²) in [5.74, 6) is -0.894. The highest BCUT2D eigenvalue weighted by Gasteiger charge is 2.36. The number of amides is 2. The zero-order chi connectivity index (χ0) is 20.6. The van der Waals surface area contributed by atoms with Crippen LogP contribution in [0.1, 0.15) is 26.3 Å². The number of benzene rings is 1. The quantitative estimate of drug-likeness (QED) is 0.662. The molecule has 0 saturated carbocycles. The van der Waals surface area contributed by atoms with E-state index in [-0.39, 0.29) is 37.6 Å². The lowest BCUT2D eigenvalue weighted by atomic mass is 10.1. The smallest absolute Gasteiger partial charge is 0.335 e. The number of piperazine rings is 1. The third kappa shape index (κ3) is 3.55. The van der Waals surface area contributed by atoms with Gasteiger partial charge in [0.25, 0.3) is 11.8 Å². The van der Waals surface area contributed by atoms with Gasteiger partial charge >= 0.3 is 6.18 Å². The van der Waals surface area contributed by atoms with E-state index in [9.17, 15) is 22.8 Å². The topological polar surface area (TPSA) is 57.9 Å². The number of rotatable bonds is 2. The van der Waals surface area contributed by atoms with Crippen LogP contribution in [0.4, 0.5) is 13.2 Å². The van der Waals surface area contributed by atoms with Gasteiger partial charge < -0.3 is 9.80 Å². The lowest BCUT2D eigenvalue weighted by Gasteiger charge is -2.35. The number of pyridine rings is 1. The van der Waals surface area contributed by atoms with Crippen molar-refractivity contribution in [3.63, 3.8) is 0 Å². The van der Waals surface area contributed by atoms with Gasteiger partial charge in [-0.25, -0.2) is 4.52 Å². The Kier molecular flexibility index (Phi) is 4.73. The standard InChI is InChI=1S/C20H17F3N4O2/c21-20(22,23)16-6-2-1-5-14(16)18(28)25-9-11-26(12-10-25)19(29)15-13-24-27-8-4-3-7-17(15)27/h1-8,13H,9-12H2. The molecule has 1 saturated heterocycles. The van der Waals surface area contributed by atoms with Gasteiger partial charge in [0.2, 0.25) is 0 Å². The van der Waals surface area contributed by atoms with Crippen LogP contribution < -0.4 is 0 Å². The van der Waals surface area contributed by atoms with Gasteiger partial charge in [-0.05, 0) is 24.3 Å². The summed E-state index contributed by atoms with van der Waals surface area (Å²) >= 11 is 0. The maximum atomic E-state index is 13.2. The summed E-state index contributed by atoms with van der Waals surface area (Å²) in [6, 6.07) is 10.1. The molecule has 0 spiro atoms. The first kappa shape index (κ1) is 19.0. The molecule has 29 heavy (non-hydrogen) atoms. The van der Waals surface area contributed by atoms with Gasteiger partial charge in [-0.3, -0.25) is 9.59 Å². The summed E-state index contributed by atoms with van der Waals surface area (Å²) in [7, 11) is 0. The first-order valence-electron chi connectivity index (χ1n) is 9.03. The number of nitrogens with zero attached hydrogens (tertiary/aromatic N) is 4. The fourth-order valence-electron chi connectivity index (χ4n) is 3.47. The summed E-state index contributed by atoms with van der Waals surface area (Å²) < 4.78 is 41.2. The molecule has 1 aliphatic rings. The van der Waals surface area contributed by atoms with Crippen LogP contribution in [0.3, 0.4) is 0 Å². The van der Waals surface area contributed by atoms with Crippen LogP contribution in [0.5, 0.6) is 0 Å². The van der Waals surface area contributed by atoms with Crippen molar-refractivity contribution >= 4 is 17.3 Å². The first-order valence-corrected chi connectivity index (χ1v) is 9.03. The second kappa shape index (κ2) is 7.23. The van der Waals surface area contributed by atoms with Gasteiger partial charge in [0.15, 0.2) is 0 Å². The third-order valence-electron chi connectivity index (χ3n) is 4.97. The van der Waals surface area contributed by atoms with Crippen LogP contribution in [0, 0.1) is 0 Å². The molecule has 2 aromatic heterocycles. The number of hydrogen-bond acceptors (Lipinski definition) is 3. The number of carbonyl (C=O) groups is 2. The van der Waals surface area contributed by atoms with Gasteiger partial charge in [-0.2, -0.15) is 18.3 Å². The number of fused-ring (bicyclic) bond motifs is 1. The molecule has 3 aromatic rings. The fraction of sp³-hybridized carbons (Fsp3) is 0.250. The van der Waals surface area contributed by atoms with Crippen molar-refractivity contribution in [2.24, 2.45) is 0 Å². The molecule has 1 aliphatic heterocycles. The van der Waals surface area contributed by atoms with Crippen molar-refractivity contribution in [2.75, 3.05) is 26.2 Å². The van der Waals surface area contributed by atoms with Crippen molar-refractivity contribution in [2.45, 2.75) is 6.18 Å². The van der Waals surface area contributed by atoms with Crippen LogP contribution in [0.25, 0.3) is 5.52 Å². The first-order chi connectivity index (χ1) is 13.9. The third-order valence-corrected chi connectivity index (χ3v) is 4.97. The molecule has 1 aromatic carbocycles. The molecule has 9 heteroatoms. The normalized spacial score (nSPS) is 15.0. The largest absolute Gasteiger partial charge is 0.417 e. The summed E-state index contributed by atoms with van der Waals surface area (Å²) in [5, 5.41) is 4.15. The predicted octanol–water partition coefficient (Wildman–Crippen LogP) is 2.95. The molecule has 150 valence electrons. The van der Waals surface area contributed by atoms with Crippen molar-refractivity contribution < 1.29 is 22.8 Å². The van der Waals surface area contributed by atoms with E-state index in [0.717, 1.165) is 6.07 Å². The maximum absolute atomic E-state index is 13.2. The Morgan fingerprint density at radius 3 is 2.07 bits per heavy atom. The van der Waals surface area contributed by atoms with Crippen molar-refractivity contribution in [3.8, 4) is 0 Å². The fourth-order valence-corrected chi connectivity index (χ4v) is 3.47. The second-order valence-corrected chi connectivity index (χ2v) is 6.72. The molecule has 2 amide bonds. The number of hydrogen-bond donors (Lipinski definition) is 0. The Morgan fingerprint density at radius 1 is 0.828 bits per heavy atom. The molecule has 0 atom stereocenters. The summed E-state index contributed by atoms with van der Waals surface area (Å²) in [6.45, 7) is 0.803. The van der Waals surface area contributed by atoms with Gasteiger partial charge in [-0.15, -0.1) is 0 Å². The summed E-state index contributed by atoms with van der Waals surface area (Å²) in [4.78, 5) is 28.4. The molecule has 0 radical (unpaired) electrons.